The van der Waals surface area contributed by atoms with Gasteiger partial charge in [-0.15, -0.1) is 0 Å². The van der Waals surface area contributed by atoms with E-state index in [1.165, 1.54) is 6.92 Å². The molecule has 0 aromatic heterocycles. The zero-order valence-corrected chi connectivity index (χ0v) is 10.6. The number of carbonyl (C=O) groups excluding carboxylic acids is 2. The normalized spacial score (nSPS) is 14.6. The van der Waals surface area contributed by atoms with Gasteiger partial charge in [-0.05, 0) is 27.7 Å². The van der Waals surface area contributed by atoms with Gasteiger partial charge in [0.05, 0.1) is 0 Å². The number of rotatable bonds is 5. The van der Waals surface area contributed by atoms with Crippen LogP contribution < -0.4 is 5.73 Å². The fourth-order valence-electron chi connectivity index (χ4n) is 0.698. The van der Waals surface area contributed by atoms with Gasteiger partial charge in [0.25, 0.3) is 0 Å². The highest BCUT2D eigenvalue weighted by atomic mass is 17.2. The summed E-state index contributed by atoms with van der Waals surface area (Å²) in [5.41, 5.74) is 3.64. The zero-order valence-electron chi connectivity index (χ0n) is 10.6. The van der Waals surface area contributed by atoms with Crippen molar-refractivity contribution in [3.8, 4) is 0 Å². The highest BCUT2D eigenvalue weighted by Gasteiger charge is 2.34. The fourth-order valence-corrected chi connectivity index (χ4v) is 0.698. The quantitative estimate of drug-likeness (QED) is 0.332. The summed E-state index contributed by atoms with van der Waals surface area (Å²) >= 11 is 0. The maximum Gasteiger partial charge on any atom is 0.365 e. The van der Waals surface area contributed by atoms with E-state index in [-0.39, 0.29) is 6.61 Å². The summed E-state index contributed by atoms with van der Waals surface area (Å²) < 4.78 is 5.08. The second kappa shape index (κ2) is 5.79. The van der Waals surface area contributed by atoms with Crippen molar-refractivity contribution in [3.63, 3.8) is 0 Å². The molecule has 0 saturated carbocycles. The largest absolute Gasteiger partial charge is 0.459 e. The van der Waals surface area contributed by atoms with Gasteiger partial charge in [-0.1, -0.05) is 6.58 Å². The van der Waals surface area contributed by atoms with Crippen molar-refractivity contribution in [1.82, 2.24) is 0 Å². The molecule has 0 aliphatic rings. The molecule has 0 fully saturated rings. The Kier molecular flexibility index (Phi) is 5.31. The number of esters is 1. The first-order valence-corrected chi connectivity index (χ1v) is 5.07. The lowest BCUT2D eigenvalue weighted by molar-refractivity contribution is -0.274. The molecule has 1 atom stereocenters. The summed E-state index contributed by atoms with van der Waals surface area (Å²) in [6.07, 6.45) is 0.932. The van der Waals surface area contributed by atoms with E-state index in [0.29, 0.717) is 0 Å². The molecule has 0 radical (unpaired) electrons. The Labute approximate surface area is 101 Å². The average Bonchev–Trinajstić information content (AvgIpc) is 2.14. The van der Waals surface area contributed by atoms with Gasteiger partial charge in [-0.25, -0.2) is 9.59 Å². The lowest BCUT2D eigenvalue weighted by Crippen LogP contribution is -2.52. The van der Waals surface area contributed by atoms with E-state index in [2.05, 4.69) is 16.4 Å². The molecular weight excluding hydrogens is 226 g/mol. The molecule has 1 unspecified atom stereocenters. The first kappa shape index (κ1) is 15.6. The minimum Gasteiger partial charge on any atom is -0.459 e. The molecule has 0 aliphatic carbocycles. The van der Waals surface area contributed by atoms with Crippen LogP contribution in [0.15, 0.2) is 12.7 Å². The van der Waals surface area contributed by atoms with Crippen molar-refractivity contribution in [2.24, 2.45) is 5.73 Å². The number of carbonyl (C=O) groups is 2. The molecule has 0 heterocycles. The standard InChI is InChI=1S/C11H19NO5/c1-6-8(13)17-15-7-11(5,12)9(14)16-10(2,3)4/h6H,1,7,12H2,2-5H3. The van der Waals surface area contributed by atoms with Crippen LogP contribution in [-0.4, -0.2) is 29.7 Å². The first-order chi connectivity index (χ1) is 7.58. The molecule has 6 nitrogen and oxygen atoms in total. The van der Waals surface area contributed by atoms with Gasteiger partial charge in [0.1, 0.15) is 17.7 Å². The summed E-state index contributed by atoms with van der Waals surface area (Å²) in [5, 5.41) is 0. The minimum absolute atomic E-state index is 0.304. The van der Waals surface area contributed by atoms with E-state index in [9.17, 15) is 9.59 Å². The van der Waals surface area contributed by atoms with Gasteiger partial charge >= 0.3 is 11.9 Å². The molecule has 17 heavy (non-hydrogen) atoms. The molecule has 0 saturated heterocycles. The Hall–Kier alpha value is -1.40. The third kappa shape index (κ3) is 6.70. The van der Waals surface area contributed by atoms with Crippen molar-refractivity contribution in [3.05, 3.63) is 12.7 Å². The highest BCUT2D eigenvalue weighted by Crippen LogP contribution is 2.13. The molecule has 98 valence electrons. The Bertz CT molecular complexity index is 303. The first-order valence-electron chi connectivity index (χ1n) is 5.07. The van der Waals surface area contributed by atoms with Crippen LogP contribution in [0.2, 0.25) is 0 Å². The number of hydrogen-bond acceptors (Lipinski definition) is 6. The summed E-state index contributed by atoms with van der Waals surface area (Å²) in [7, 11) is 0. The van der Waals surface area contributed by atoms with E-state index in [0.717, 1.165) is 6.08 Å². The minimum atomic E-state index is -1.39. The summed E-state index contributed by atoms with van der Waals surface area (Å²) in [4.78, 5) is 31.1. The maximum atomic E-state index is 11.6. The highest BCUT2D eigenvalue weighted by molar-refractivity contribution is 5.81. The molecule has 2 N–H and O–H groups in total. The van der Waals surface area contributed by atoms with Crippen LogP contribution in [0.25, 0.3) is 0 Å². The second-order valence-electron chi connectivity index (χ2n) is 4.79. The van der Waals surface area contributed by atoms with Crippen LogP contribution >= 0.6 is 0 Å². The summed E-state index contributed by atoms with van der Waals surface area (Å²) in [6, 6.07) is 0. The van der Waals surface area contributed by atoms with Gasteiger partial charge < -0.3 is 10.5 Å². The van der Waals surface area contributed by atoms with Crippen LogP contribution in [0, 0.1) is 0 Å². The van der Waals surface area contributed by atoms with Gasteiger partial charge in [-0.2, -0.15) is 4.89 Å². The number of hydrogen-bond donors (Lipinski definition) is 1. The lowest BCUT2D eigenvalue weighted by Gasteiger charge is -2.27. The maximum absolute atomic E-state index is 11.6. The molecule has 0 spiro atoms. The van der Waals surface area contributed by atoms with Crippen LogP contribution in [0.5, 0.6) is 0 Å². The topological polar surface area (TPSA) is 87.9 Å². The van der Waals surface area contributed by atoms with Gasteiger partial charge in [0.15, 0.2) is 0 Å². The second-order valence-corrected chi connectivity index (χ2v) is 4.79. The van der Waals surface area contributed by atoms with Gasteiger partial charge in [0, 0.05) is 6.08 Å². The molecular formula is C11H19NO5. The molecule has 0 rings (SSSR count). The lowest BCUT2D eigenvalue weighted by atomic mass is 10.1. The Balaban J connectivity index is 4.23. The predicted molar refractivity (Wildman–Crippen MR) is 60.7 cm³/mol. The predicted octanol–water partition coefficient (Wildman–Crippen LogP) is 0.706. The molecule has 0 bridgehead atoms. The fraction of sp³-hybridized carbons (Fsp3) is 0.636. The monoisotopic (exact) mass is 245 g/mol. The average molecular weight is 245 g/mol. The van der Waals surface area contributed by atoms with E-state index in [1.807, 2.05) is 0 Å². The molecule has 0 aliphatic heterocycles. The van der Waals surface area contributed by atoms with Crippen LogP contribution in [0.1, 0.15) is 27.7 Å². The zero-order chi connectivity index (χ0) is 13.7. The Morgan fingerprint density at radius 1 is 1.29 bits per heavy atom. The van der Waals surface area contributed by atoms with Crippen molar-refractivity contribution in [2.75, 3.05) is 6.61 Å². The summed E-state index contributed by atoms with van der Waals surface area (Å²) in [6.45, 7) is 9.46. The third-order valence-corrected chi connectivity index (χ3v) is 1.53. The molecule has 0 aromatic rings. The van der Waals surface area contributed by atoms with Crippen LogP contribution in [0.4, 0.5) is 0 Å². The SMILES string of the molecule is C=CC(=O)OOCC(C)(N)C(=O)OC(C)(C)C. The molecule has 0 aromatic carbocycles. The smallest absolute Gasteiger partial charge is 0.365 e. The number of nitrogens with two attached hydrogens (primary N) is 1. The summed E-state index contributed by atoms with van der Waals surface area (Å²) in [5.74, 6) is -1.40. The van der Waals surface area contributed by atoms with E-state index < -0.39 is 23.1 Å². The third-order valence-electron chi connectivity index (χ3n) is 1.53. The van der Waals surface area contributed by atoms with E-state index >= 15 is 0 Å². The van der Waals surface area contributed by atoms with Crippen molar-refractivity contribution in [1.29, 1.82) is 0 Å². The van der Waals surface area contributed by atoms with Crippen molar-refractivity contribution in [2.45, 2.75) is 38.8 Å². The van der Waals surface area contributed by atoms with Gasteiger partial charge in [-0.3, -0.25) is 4.89 Å². The number of ether oxygens (including phenoxy) is 1. The van der Waals surface area contributed by atoms with Gasteiger partial charge in [0.2, 0.25) is 0 Å². The van der Waals surface area contributed by atoms with Crippen LogP contribution in [0.3, 0.4) is 0 Å². The van der Waals surface area contributed by atoms with Crippen molar-refractivity contribution < 1.29 is 24.1 Å². The molecule has 0 amide bonds. The Morgan fingerprint density at radius 3 is 2.24 bits per heavy atom. The Morgan fingerprint density at radius 2 is 1.82 bits per heavy atom. The van der Waals surface area contributed by atoms with Crippen LogP contribution in [-0.2, 0) is 24.1 Å². The van der Waals surface area contributed by atoms with Crippen molar-refractivity contribution >= 4 is 11.9 Å². The van der Waals surface area contributed by atoms with E-state index in [4.69, 9.17) is 10.5 Å². The van der Waals surface area contributed by atoms with E-state index in [1.54, 1.807) is 20.8 Å². The molecule has 6 heteroatoms.